The number of halogens is 1. The van der Waals surface area contributed by atoms with Gasteiger partial charge >= 0.3 is 0 Å². The van der Waals surface area contributed by atoms with Crippen molar-refractivity contribution in [2.24, 2.45) is 4.99 Å². The van der Waals surface area contributed by atoms with Gasteiger partial charge in [-0.25, -0.2) is 4.39 Å². The Hall–Kier alpha value is -1.86. The molecule has 1 aromatic rings. The van der Waals surface area contributed by atoms with Gasteiger partial charge in [0, 0.05) is 52.0 Å². The lowest BCUT2D eigenvalue weighted by molar-refractivity contribution is 0.0992. The zero-order valence-corrected chi connectivity index (χ0v) is 16.0. The van der Waals surface area contributed by atoms with Gasteiger partial charge in [0.1, 0.15) is 5.82 Å². The van der Waals surface area contributed by atoms with Crippen LogP contribution in [0.15, 0.2) is 29.3 Å². The first-order valence-electron chi connectivity index (χ1n) is 10.1. The van der Waals surface area contributed by atoms with Gasteiger partial charge in [-0.2, -0.15) is 0 Å². The zero-order valence-electron chi connectivity index (χ0n) is 16.0. The summed E-state index contributed by atoms with van der Waals surface area (Å²) in [6.45, 7) is 5.85. The average Bonchev–Trinajstić information content (AvgIpc) is 3.31. The lowest BCUT2D eigenvalue weighted by atomic mass is 9.96. The quantitative estimate of drug-likeness (QED) is 0.602. The van der Waals surface area contributed by atoms with Crippen LogP contribution in [0.25, 0.3) is 0 Å². The smallest absolute Gasteiger partial charge is 0.191 e. The summed E-state index contributed by atoms with van der Waals surface area (Å²) < 4.78 is 19.0. The summed E-state index contributed by atoms with van der Waals surface area (Å²) in [6.07, 6.45) is 4.27. The first-order chi connectivity index (χ1) is 13.2. The van der Waals surface area contributed by atoms with Crippen molar-refractivity contribution in [2.75, 3.05) is 51.2 Å². The summed E-state index contributed by atoms with van der Waals surface area (Å²) >= 11 is 0. The van der Waals surface area contributed by atoms with Crippen LogP contribution in [-0.2, 0) is 4.74 Å². The second-order valence-electron chi connectivity index (χ2n) is 7.66. The number of benzene rings is 1. The third kappa shape index (κ3) is 4.52. The van der Waals surface area contributed by atoms with Crippen LogP contribution in [0.2, 0.25) is 0 Å². The van der Waals surface area contributed by atoms with Crippen LogP contribution < -0.4 is 15.5 Å². The van der Waals surface area contributed by atoms with Gasteiger partial charge < -0.3 is 20.3 Å². The van der Waals surface area contributed by atoms with Crippen LogP contribution in [0.1, 0.15) is 19.3 Å². The fourth-order valence-corrected chi connectivity index (χ4v) is 4.37. The molecule has 7 heteroatoms. The van der Waals surface area contributed by atoms with E-state index in [1.54, 1.807) is 0 Å². The number of hydrogen-bond donors (Lipinski definition) is 2. The maximum Gasteiger partial charge on any atom is 0.191 e. The van der Waals surface area contributed by atoms with Crippen molar-refractivity contribution >= 4 is 11.6 Å². The number of nitrogens with zero attached hydrogens (tertiary/aromatic N) is 3. The minimum absolute atomic E-state index is 0.178. The highest BCUT2D eigenvalue weighted by Crippen LogP contribution is 2.34. The molecule has 0 aromatic heterocycles. The number of rotatable bonds is 5. The van der Waals surface area contributed by atoms with Crippen LogP contribution in [0.4, 0.5) is 10.1 Å². The standard InChI is InChI=1S/C20H30FN5O/c1-22-20(24-18-14-17-6-7-19(18)27-17)23-8-9-25-10-12-26(13-11-25)16-4-2-15(21)3-5-16/h2-5,17-19H,6-14H2,1H3,(H2,22,23,24). The van der Waals surface area contributed by atoms with E-state index in [9.17, 15) is 4.39 Å². The number of ether oxygens (including phenoxy) is 1. The minimum Gasteiger partial charge on any atom is -0.373 e. The Kier molecular flexibility index (Phi) is 5.78. The van der Waals surface area contributed by atoms with E-state index in [4.69, 9.17) is 4.74 Å². The van der Waals surface area contributed by atoms with Crippen molar-refractivity contribution < 1.29 is 9.13 Å². The Balaban J connectivity index is 1.16. The lowest BCUT2D eigenvalue weighted by Crippen LogP contribution is -2.51. The Morgan fingerprint density at radius 1 is 1.19 bits per heavy atom. The third-order valence-corrected chi connectivity index (χ3v) is 5.94. The van der Waals surface area contributed by atoms with E-state index in [1.807, 2.05) is 19.2 Å². The van der Waals surface area contributed by atoms with E-state index in [1.165, 1.54) is 18.6 Å². The molecule has 3 aliphatic heterocycles. The summed E-state index contributed by atoms with van der Waals surface area (Å²) in [6, 6.07) is 7.19. The van der Waals surface area contributed by atoms with Gasteiger partial charge in [0.2, 0.25) is 0 Å². The Morgan fingerprint density at radius 2 is 1.96 bits per heavy atom. The molecule has 0 radical (unpaired) electrons. The number of aliphatic imine (C=N–C) groups is 1. The molecule has 3 atom stereocenters. The van der Waals surface area contributed by atoms with Crippen LogP contribution >= 0.6 is 0 Å². The largest absolute Gasteiger partial charge is 0.373 e. The van der Waals surface area contributed by atoms with E-state index in [-0.39, 0.29) is 5.82 Å². The molecule has 0 spiro atoms. The summed E-state index contributed by atoms with van der Waals surface area (Å²) in [4.78, 5) is 9.14. The topological polar surface area (TPSA) is 52.1 Å². The monoisotopic (exact) mass is 375 g/mol. The highest BCUT2D eigenvalue weighted by Gasteiger charge is 2.41. The molecule has 3 aliphatic rings. The van der Waals surface area contributed by atoms with Crippen molar-refractivity contribution in [3.8, 4) is 0 Å². The van der Waals surface area contributed by atoms with E-state index in [2.05, 4.69) is 25.4 Å². The minimum atomic E-state index is -0.178. The molecule has 3 heterocycles. The SMILES string of the molecule is CN=C(NCCN1CCN(c2ccc(F)cc2)CC1)NC1CC2CCC1O2. The van der Waals surface area contributed by atoms with E-state index >= 15 is 0 Å². The van der Waals surface area contributed by atoms with Gasteiger partial charge in [-0.3, -0.25) is 9.89 Å². The lowest BCUT2D eigenvalue weighted by Gasteiger charge is -2.36. The normalized spacial score (nSPS) is 28.6. The zero-order chi connectivity index (χ0) is 18.6. The van der Waals surface area contributed by atoms with Gasteiger partial charge in [-0.15, -0.1) is 0 Å². The van der Waals surface area contributed by atoms with Gasteiger partial charge in [-0.1, -0.05) is 0 Å². The molecule has 0 amide bonds. The molecular formula is C20H30FN5O. The number of nitrogens with one attached hydrogen (secondary N) is 2. The Morgan fingerprint density at radius 3 is 2.59 bits per heavy atom. The van der Waals surface area contributed by atoms with E-state index < -0.39 is 0 Å². The number of hydrogen-bond acceptors (Lipinski definition) is 4. The molecule has 3 fully saturated rings. The number of fused-ring (bicyclic) bond motifs is 2. The van der Waals surface area contributed by atoms with Crippen LogP contribution in [-0.4, -0.2) is 75.4 Å². The van der Waals surface area contributed by atoms with Crippen molar-refractivity contribution in [1.29, 1.82) is 0 Å². The molecule has 3 saturated heterocycles. The molecule has 4 rings (SSSR count). The molecule has 2 N–H and O–H groups in total. The third-order valence-electron chi connectivity index (χ3n) is 5.94. The molecule has 3 unspecified atom stereocenters. The number of anilines is 1. The van der Waals surface area contributed by atoms with Crippen molar-refractivity contribution in [1.82, 2.24) is 15.5 Å². The van der Waals surface area contributed by atoms with Gasteiger partial charge in [0.15, 0.2) is 5.96 Å². The molecule has 6 nitrogen and oxygen atoms in total. The fraction of sp³-hybridized carbons (Fsp3) is 0.650. The Labute approximate surface area is 160 Å². The predicted molar refractivity (Wildman–Crippen MR) is 106 cm³/mol. The molecule has 27 heavy (non-hydrogen) atoms. The van der Waals surface area contributed by atoms with Crippen LogP contribution in [0.5, 0.6) is 0 Å². The summed E-state index contributed by atoms with van der Waals surface area (Å²) in [5, 5.41) is 6.96. The van der Waals surface area contributed by atoms with Crippen molar-refractivity contribution in [2.45, 2.75) is 37.5 Å². The molecular weight excluding hydrogens is 345 g/mol. The molecule has 0 saturated carbocycles. The first kappa shape index (κ1) is 18.5. The highest BCUT2D eigenvalue weighted by atomic mass is 19.1. The number of piperazine rings is 1. The van der Waals surface area contributed by atoms with Crippen LogP contribution in [0.3, 0.4) is 0 Å². The van der Waals surface area contributed by atoms with Crippen molar-refractivity contribution in [3.63, 3.8) is 0 Å². The van der Waals surface area contributed by atoms with Crippen molar-refractivity contribution in [3.05, 3.63) is 30.1 Å². The van der Waals surface area contributed by atoms with Crippen LogP contribution in [0, 0.1) is 5.82 Å². The maximum atomic E-state index is 13.1. The summed E-state index contributed by atoms with van der Waals surface area (Å²) in [7, 11) is 1.82. The second-order valence-corrected chi connectivity index (χ2v) is 7.66. The summed E-state index contributed by atoms with van der Waals surface area (Å²) in [5.74, 6) is 0.698. The predicted octanol–water partition coefficient (Wildman–Crippen LogP) is 1.43. The molecule has 1 aromatic carbocycles. The highest BCUT2D eigenvalue weighted by molar-refractivity contribution is 5.80. The van der Waals surface area contributed by atoms with Gasteiger partial charge in [0.05, 0.1) is 18.2 Å². The maximum absolute atomic E-state index is 13.1. The fourth-order valence-electron chi connectivity index (χ4n) is 4.37. The summed E-state index contributed by atoms with van der Waals surface area (Å²) in [5.41, 5.74) is 1.10. The average molecular weight is 375 g/mol. The number of guanidine groups is 1. The second kappa shape index (κ2) is 8.44. The molecule has 0 aliphatic carbocycles. The first-order valence-corrected chi connectivity index (χ1v) is 10.1. The van der Waals surface area contributed by atoms with Gasteiger partial charge in [-0.05, 0) is 43.5 Å². The molecule has 2 bridgehead atoms. The van der Waals surface area contributed by atoms with E-state index in [0.29, 0.717) is 18.2 Å². The Bertz CT molecular complexity index is 644. The molecule has 148 valence electrons. The van der Waals surface area contributed by atoms with Gasteiger partial charge in [0.25, 0.3) is 0 Å². The van der Waals surface area contributed by atoms with E-state index in [0.717, 1.165) is 63.8 Å².